The summed E-state index contributed by atoms with van der Waals surface area (Å²) in [7, 11) is -4.04. The molecule has 0 spiro atoms. The molecule has 3 aliphatic rings. The molecule has 2 heterocycles. The number of allylic oxidation sites excluding steroid dienone is 1. The average Bonchev–Trinajstić information content (AvgIpc) is 3.70. The normalized spacial score (nSPS) is 19.6. The van der Waals surface area contributed by atoms with Gasteiger partial charge < -0.3 is 9.42 Å². The number of nitrogens with one attached hydrogen (secondary N) is 1. The van der Waals surface area contributed by atoms with E-state index >= 15 is 0 Å². The minimum atomic E-state index is -4.04. The van der Waals surface area contributed by atoms with Crippen molar-refractivity contribution in [1.82, 2.24) is 14.8 Å². The molecule has 3 aromatic rings. The highest BCUT2D eigenvalue weighted by Crippen LogP contribution is 2.43. The van der Waals surface area contributed by atoms with Crippen LogP contribution >= 0.6 is 11.6 Å². The van der Waals surface area contributed by atoms with Crippen LogP contribution in [-0.2, 0) is 10.0 Å². The Morgan fingerprint density at radius 2 is 1.74 bits per heavy atom. The number of amides is 1. The van der Waals surface area contributed by atoms with E-state index in [2.05, 4.69) is 45.7 Å². The van der Waals surface area contributed by atoms with Crippen LogP contribution in [0.3, 0.4) is 0 Å². The first kappa shape index (κ1) is 29.0. The van der Waals surface area contributed by atoms with Crippen LogP contribution < -0.4 is 9.62 Å². The summed E-state index contributed by atoms with van der Waals surface area (Å²) in [5.41, 5.74) is 5.48. The molecule has 6 rings (SSSR count). The van der Waals surface area contributed by atoms with Crippen molar-refractivity contribution in [1.29, 1.82) is 0 Å². The molecule has 0 atom stereocenters. The van der Waals surface area contributed by atoms with Gasteiger partial charge in [0, 0.05) is 55.4 Å². The Balaban J connectivity index is 1.07. The second kappa shape index (κ2) is 11.5. The Kier molecular flexibility index (Phi) is 7.93. The zero-order chi connectivity index (χ0) is 29.5. The quantitative estimate of drug-likeness (QED) is 0.330. The molecule has 0 bridgehead atoms. The van der Waals surface area contributed by atoms with Gasteiger partial charge in [0.15, 0.2) is 5.69 Å². The number of sulfonamides is 1. The predicted octanol–water partition coefficient (Wildman–Crippen LogP) is 6.11. The molecule has 1 N–H and O–H groups in total. The van der Waals surface area contributed by atoms with Crippen LogP contribution in [0.2, 0.25) is 5.02 Å². The summed E-state index contributed by atoms with van der Waals surface area (Å²) in [6, 6.07) is 16.5. The number of nitrogens with zero attached hydrogens (tertiary/aromatic N) is 3. The lowest BCUT2D eigenvalue weighted by Crippen LogP contribution is -2.47. The fourth-order valence-electron chi connectivity index (χ4n) is 5.92. The van der Waals surface area contributed by atoms with Crippen molar-refractivity contribution in [2.24, 2.45) is 5.41 Å². The molecule has 222 valence electrons. The SMILES string of the molecule is CC1(C)CCC(CN2CCN(c3ccc(S(=O)(=O)NC(=O)c4cc(C5CC5)on4)cc3)CC2)=C(c2ccc(Cl)cc2)C1. The van der Waals surface area contributed by atoms with Gasteiger partial charge in [-0.05, 0) is 85.1 Å². The van der Waals surface area contributed by atoms with E-state index in [4.69, 9.17) is 16.1 Å². The van der Waals surface area contributed by atoms with Crippen LogP contribution in [0.4, 0.5) is 5.69 Å². The number of anilines is 1. The first-order valence-corrected chi connectivity index (χ1v) is 16.5. The van der Waals surface area contributed by atoms with Crippen molar-refractivity contribution >= 4 is 38.8 Å². The Morgan fingerprint density at radius 3 is 2.40 bits per heavy atom. The Hall–Kier alpha value is -3.14. The number of hydrogen-bond donors (Lipinski definition) is 1. The molecule has 1 amide bonds. The van der Waals surface area contributed by atoms with Gasteiger partial charge in [-0.3, -0.25) is 9.69 Å². The van der Waals surface area contributed by atoms with Crippen LogP contribution in [0.1, 0.15) is 73.7 Å². The Labute approximate surface area is 252 Å². The van der Waals surface area contributed by atoms with E-state index in [1.807, 2.05) is 12.1 Å². The van der Waals surface area contributed by atoms with E-state index in [-0.39, 0.29) is 21.9 Å². The highest BCUT2D eigenvalue weighted by Gasteiger charge is 2.31. The zero-order valence-electron chi connectivity index (χ0n) is 24.1. The van der Waals surface area contributed by atoms with Gasteiger partial charge in [0.25, 0.3) is 15.9 Å². The van der Waals surface area contributed by atoms with Crippen molar-refractivity contribution in [2.75, 3.05) is 37.6 Å². The molecule has 1 saturated carbocycles. The number of carbonyl (C=O) groups excluding carboxylic acids is 1. The predicted molar refractivity (Wildman–Crippen MR) is 164 cm³/mol. The van der Waals surface area contributed by atoms with E-state index in [0.29, 0.717) is 5.76 Å². The molecule has 2 aromatic carbocycles. The first-order valence-electron chi connectivity index (χ1n) is 14.6. The van der Waals surface area contributed by atoms with Gasteiger partial charge >= 0.3 is 0 Å². The lowest BCUT2D eigenvalue weighted by Gasteiger charge is -2.39. The van der Waals surface area contributed by atoms with Crippen molar-refractivity contribution < 1.29 is 17.7 Å². The molecule has 8 nitrogen and oxygen atoms in total. The number of benzene rings is 2. The number of piperazine rings is 1. The third-order valence-electron chi connectivity index (χ3n) is 8.65. The average molecular weight is 609 g/mol. The summed E-state index contributed by atoms with van der Waals surface area (Å²) in [4.78, 5) is 17.3. The lowest BCUT2D eigenvalue weighted by atomic mass is 9.72. The Bertz CT molecular complexity index is 1580. The van der Waals surface area contributed by atoms with Gasteiger partial charge in [-0.25, -0.2) is 13.1 Å². The summed E-state index contributed by atoms with van der Waals surface area (Å²) >= 11 is 6.17. The second-order valence-corrected chi connectivity index (χ2v) is 14.6. The van der Waals surface area contributed by atoms with E-state index in [9.17, 15) is 13.2 Å². The minimum Gasteiger partial charge on any atom is -0.369 e. The van der Waals surface area contributed by atoms with E-state index in [0.717, 1.165) is 69.1 Å². The van der Waals surface area contributed by atoms with E-state index in [1.165, 1.54) is 29.2 Å². The number of hydrogen-bond acceptors (Lipinski definition) is 7. The van der Waals surface area contributed by atoms with Crippen LogP contribution in [-0.4, -0.2) is 57.1 Å². The molecule has 10 heteroatoms. The minimum absolute atomic E-state index is 0.0250. The topological polar surface area (TPSA) is 95.8 Å². The molecule has 1 aliphatic heterocycles. The highest BCUT2D eigenvalue weighted by molar-refractivity contribution is 7.90. The van der Waals surface area contributed by atoms with Crippen molar-refractivity contribution in [2.45, 2.75) is 56.8 Å². The number of halogens is 1. The largest absolute Gasteiger partial charge is 0.369 e. The molecule has 2 fully saturated rings. The monoisotopic (exact) mass is 608 g/mol. The molecule has 1 saturated heterocycles. The van der Waals surface area contributed by atoms with Crippen LogP contribution in [0.5, 0.6) is 0 Å². The molecular weight excluding hydrogens is 572 g/mol. The standard InChI is InChI=1S/C32H37ClN4O4S/c1-32(2)14-13-24(28(20-32)22-5-7-25(33)8-6-22)21-36-15-17-37(18-16-36)26-9-11-27(12-10-26)42(39,40)35-31(38)29-19-30(41-34-29)23-3-4-23/h5-12,19,23H,3-4,13-18,20-21H2,1-2H3,(H,35,38). The maximum Gasteiger partial charge on any atom is 0.287 e. The van der Waals surface area contributed by atoms with Crippen molar-refractivity contribution in [3.05, 3.63) is 82.2 Å². The molecular formula is C32H37ClN4O4S. The van der Waals surface area contributed by atoms with Gasteiger partial charge in [-0.15, -0.1) is 0 Å². The van der Waals surface area contributed by atoms with E-state index in [1.54, 1.807) is 24.3 Å². The fourth-order valence-corrected chi connectivity index (χ4v) is 7.01. The van der Waals surface area contributed by atoms with Gasteiger partial charge in [0.2, 0.25) is 0 Å². The van der Waals surface area contributed by atoms with E-state index < -0.39 is 15.9 Å². The number of rotatable bonds is 8. The summed E-state index contributed by atoms with van der Waals surface area (Å²) in [5, 5.41) is 4.49. The van der Waals surface area contributed by atoms with Crippen molar-refractivity contribution in [3.63, 3.8) is 0 Å². The summed E-state index contributed by atoms with van der Waals surface area (Å²) in [5.74, 6) is 0.124. The lowest BCUT2D eigenvalue weighted by molar-refractivity contribution is 0.0972. The smallest absolute Gasteiger partial charge is 0.287 e. The number of aromatic nitrogens is 1. The second-order valence-electron chi connectivity index (χ2n) is 12.5. The maximum absolute atomic E-state index is 12.9. The summed E-state index contributed by atoms with van der Waals surface area (Å²) < 4.78 is 33.0. The molecule has 0 unspecified atom stereocenters. The summed E-state index contributed by atoms with van der Waals surface area (Å²) in [6.07, 6.45) is 5.36. The fraction of sp³-hybridized carbons (Fsp3) is 0.438. The summed E-state index contributed by atoms with van der Waals surface area (Å²) in [6.45, 7) is 9.23. The van der Waals surface area contributed by atoms with Crippen LogP contribution in [0.15, 0.2) is 69.6 Å². The molecule has 2 aliphatic carbocycles. The van der Waals surface area contributed by atoms with Crippen LogP contribution in [0.25, 0.3) is 5.57 Å². The van der Waals surface area contributed by atoms with Gasteiger partial charge in [0.05, 0.1) is 4.90 Å². The molecule has 0 radical (unpaired) electrons. The maximum atomic E-state index is 12.9. The first-order chi connectivity index (χ1) is 20.1. The van der Waals surface area contributed by atoms with Crippen molar-refractivity contribution in [3.8, 4) is 0 Å². The van der Waals surface area contributed by atoms with Gasteiger partial charge in [-0.2, -0.15) is 0 Å². The van der Waals surface area contributed by atoms with Gasteiger partial charge in [-0.1, -0.05) is 48.3 Å². The van der Waals surface area contributed by atoms with Gasteiger partial charge in [0.1, 0.15) is 5.76 Å². The molecule has 42 heavy (non-hydrogen) atoms. The highest BCUT2D eigenvalue weighted by atomic mass is 35.5. The Morgan fingerprint density at radius 1 is 1.05 bits per heavy atom. The number of carbonyl (C=O) groups is 1. The zero-order valence-corrected chi connectivity index (χ0v) is 25.7. The van der Waals surface area contributed by atoms with Crippen LogP contribution in [0, 0.1) is 5.41 Å². The third-order valence-corrected chi connectivity index (χ3v) is 10.2. The molecule has 1 aromatic heterocycles. The third kappa shape index (κ3) is 6.58.